The lowest BCUT2D eigenvalue weighted by Gasteiger charge is -2.38. The van der Waals surface area contributed by atoms with Crippen molar-refractivity contribution in [1.82, 2.24) is 5.32 Å². The molecule has 0 radical (unpaired) electrons. The highest BCUT2D eigenvalue weighted by molar-refractivity contribution is 5.78. The average Bonchev–Trinajstić information content (AvgIpc) is 2.24. The molecule has 0 aromatic rings. The molecule has 86 valence electrons. The number of ether oxygens (including phenoxy) is 1. The van der Waals surface area contributed by atoms with Crippen molar-refractivity contribution < 1.29 is 9.53 Å². The molecule has 0 aromatic carbocycles. The minimum atomic E-state index is -0.120. The molecule has 2 fully saturated rings. The third kappa shape index (κ3) is 2.69. The Labute approximate surface area is 90.5 Å². The van der Waals surface area contributed by atoms with Crippen LogP contribution in [0.25, 0.3) is 0 Å². The van der Waals surface area contributed by atoms with Gasteiger partial charge in [-0.25, -0.2) is 0 Å². The second-order valence-corrected chi connectivity index (χ2v) is 4.85. The summed E-state index contributed by atoms with van der Waals surface area (Å²) in [6.07, 6.45) is 5.21. The van der Waals surface area contributed by atoms with Crippen molar-refractivity contribution in [2.45, 2.75) is 37.6 Å². The number of rotatable bonds is 3. The van der Waals surface area contributed by atoms with Crippen LogP contribution in [0.2, 0.25) is 0 Å². The Balaban J connectivity index is 1.71. The predicted molar refractivity (Wildman–Crippen MR) is 57.3 cm³/mol. The number of amides is 1. The van der Waals surface area contributed by atoms with E-state index in [1.807, 2.05) is 0 Å². The lowest BCUT2D eigenvalue weighted by Crippen LogP contribution is -2.55. The zero-order valence-electron chi connectivity index (χ0n) is 9.13. The Hall–Kier alpha value is -0.610. The minimum absolute atomic E-state index is 0.0439. The predicted octanol–water partition coefficient (Wildman–Crippen LogP) is 0.411. The monoisotopic (exact) mass is 212 g/mol. The van der Waals surface area contributed by atoms with Crippen LogP contribution in [0.1, 0.15) is 32.1 Å². The van der Waals surface area contributed by atoms with Gasteiger partial charge in [0.05, 0.1) is 12.5 Å². The van der Waals surface area contributed by atoms with Gasteiger partial charge >= 0.3 is 0 Å². The SMILES string of the molecule is NC1(CNC(=O)C2CCCOC2)CCC1. The highest BCUT2D eigenvalue weighted by atomic mass is 16.5. The molecule has 0 aromatic heterocycles. The molecule has 0 bridgehead atoms. The number of carbonyl (C=O) groups is 1. The van der Waals surface area contributed by atoms with Crippen LogP contribution >= 0.6 is 0 Å². The molecule has 1 aliphatic heterocycles. The summed E-state index contributed by atoms with van der Waals surface area (Å²) in [5.41, 5.74) is 5.91. The molecule has 4 heteroatoms. The van der Waals surface area contributed by atoms with Crippen molar-refractivity contribution in [1.29, 1.82) is 0 Å². The molecule has 2 aliphatic rings. The maximum absolute atomic E-state index is 11.7. The summed E-state index contributed by atoms with van der Waals surface area (Å²) in [4.78, 5) is 11.7. The molecule has 1 amide bonds. The summed E-state index contributed by atoms with van der Waals surface area (Å²) in [6.45, 7) is 2.00. The van der Waals surface area contributed by atoms with E-state index in [-0.39, 0.29) is 17.4 Å². The van der Waals surface area contributed by atoms with Gasteiger partial charge in [0.25, 0.3) is 0 Å². The van der Waals surface area contributed by atoms with Crippen molar-refractivity contribution in [3.63, 3.8) is 0 Å². The summed E-state index contributed by atoms with van der Waals surface area (Å²) in [7, 11) is 0. The summed E-state index contributed by atoms with van der Waals surface area (Å²) in [6, 6.07) is 0. The molecule has 2 rings (SSSR count). The van der Waals surface area contributed by atoms with Gasteiger partial charge in [0, 0.05) is 18.7 Å². The van der Waals surface area contributed by atoms with Crippen LogP contribution in [-0.4, -0.2) is 31.2 Å². The second-order valence-electron chi connectivity index (χ2n) is 4.85. The van der Waals surface area contributed by atoms with Gasteiger partial charge in [-0.3, -0.25) is 4.79 Å². The van der Waals surface area contributed by atoms with Crippen molar-refractivity contribution in [3.8, 4) is 0 Å². The Kier molecular flexibility index (Phi) is 3.26. The molecular weight excluding hydrogens is 192 g/mol. The number of nitrogens with one attached hydrogen (secondary N) is 1. The summed E-state index contributed by atoms with van der Waals surface area (Å²) in [5.74, 6) is 0.161. The Morgan fingerprint density at radius 3 is 2.80 bits per heavy atom. The van der Waals surface area contributed by atoms with E-state index in [4.69, 9.17) is 10.5 Å². The highest BCUT2D eigenvalue weighted by Crippen LogP contribution is 2.28. The molecule has 15 heavy (non-hydrogen) atoms. The van der Waals surface area contributed by atoms with Gasteiger partial charge in [-0.15, -0.1) is 0 Å². The minimum Gasteiger partial charge on any atom is -0.381 e. The van der Waals surface area contributed by atoms with Crippen molar-refractivity contribution >= 4 is 5.91 Å². The molecule has 4 nitrogen and oxygen atoms in total. The molecule has 1 heterocycles. The highest BCUT2D eigenvalue weighted by Gasteiger charge is 2.33. The first-order chi connectivity index (χ1) is 7.20. The van der Waals surface area contributed by atoms with Gasteiger partial charge in [-0.2, -0.15) is 0 Å². The summed E-state index contributed by atoms with van der Waals surface area (Å²) < 4.78 is 5.28. The van der Waals surface area contributed by atoms with E-state index in [9.17, 15) is 4.79 Å². The van der Waals surface area contributed by atoms with Crippen LogP contribution in [0, 0.1) is 5.92 Å². The Morgan fingerprint density at radius 2 is 2.27 bits per heavy atom. The Bertz CT molecular complexity index is 233. The van der Waals surface area contributed by atoms with Crippen LogP contribution in [0.5, 0.6) is 0 Å². The third-order valence-corrected chi connectivity index (χ3v) is 3.50. The average molecular weight is 212 g/mol. The zero-order valence-corrected chi connectivity index (χ0v) is 9.13. The van der Waals surface area contributed by atoms with Gasteiger partial charge in [-0.1, -0.05) is 0 Å². The maximum atomic E-state index is 11.7. The van der Waals surface area contributed by atoms with Gasteiger partial charge in [0.2, 0.25) is 5.91 Å². The largest absolute Gasteiger partial charge is 0.381 e. The van der Waals surface area contributed by atoms with E-state index < -0.39 is 0 Å². The smallest absolute Gasteiger partial charge is 0.225 e. The quantitative estimate of drug-likeness (QED) is 0.712. The van der Waals surface area contributed by atoms with E-state index in [0.29, 0.717) is 13.2 Å². The van der Waals surface area contributed by atoms with Gasteiger partial charge in [0.1, 0.15) is 0 Å². The molecule has 1 saturated carbocycles. The fourth-order valence-electron chi connectivity index (χ4n) is 2.16. The summed E-state index contributed by atoms with van der Waals surface area (Å²) >= 11 is 0. The van der Waals surface area contributed by atoms with E-state index in [1.165, 1.54) is 6.42 Å². The molecule has 0 spiro atoms. The maximum Gasteiger partial charge on any atom is 0.225 e. The van der Waals surface area contributed by atoms with Crippen molar-refractivity contribution in [2.24, 2.45) is 11.7 Å². The lowest BCUT2D eigenvalue weighted by atomic mass is 9.77. The Morgan fingerprint density at radius 1 is 1.47 bits per heavy atom. The van der Waals surface area contributed by atoms with E-state index in [1.54, 1.807) is 0 Å². The zero-order chi connectivity index (χ0) is 10.7. The van der Waals surface area contributed by atoms with Crippen LogP contribution in [0.4, 0.5) is 0 Å². The molecule has 1 aliphatic carbocycles. The second kappa shape index (κ2) is 4.49. The molecule has 1 atom stereocenters. The van der Waals surface area contributed by atoms with Gasteiger partial charge in [-0.05, 0) is 32.1 Å². The topological polar surface area (TPSA) is 64.3 Å². The molecule has 1 unspecified atom stereocenters. The van der Waals surface area contributed by atoms with E-state index >= 15 is 0 Å². The first kappa shape index (κ1) is 10.9. The standard InChI is InChI=1S/C11H20N2O2/c12-11(4-2-5-11)8-13-10(14)9-3-1-6-15-7-9/h9H,1-8,12H2,(H,13,14). The van der Waals surface area contributed by atoms with E-state index in [0.717, 1.165) is 32.3 Å². The first-order valence-electron chi connectivity index (χ1n) is 5.84. The van der Waals surface area contributed by atoms with E-state index in [2.05, 4.69) is 5.32 Å². The number of carbonyl (C=O) groups excluding carboxylic acids is 1. The molecule has 3 N–H and O–H groups in total. The fraction of sp³-hybridized carbons (Fsp3) is 0.909. The lowest BCUT2D eigenvalue weighted by molar-refractivity contribution is -0.129. The summed E-state index contributed by atoms with van der Waals surface area (Å²) in [5, 5.41) is 2.95. The molecule has 1 saturated heterocycles. The van der Waals surface area contributed by atoms with Crippen molar-refractivity contribution in [2.75, 3.05) is 19.8 Å². The normalized spacial score (nSPS) is 29.3. The first-order valence-corrected chi connectivity index (χ1v) is 5.84. The van der Waals surface area contributed by atoms with Crippen LogP contribution < -0.4 is 11.1 Å². The van der Waals surface area contributed by atoms with Crippen LogP contribution in [-0.2, 0) is 9.53 Å². The fourth-order valence-corrected chi connectivity index (χ4v) is 2.16. The number of hydrogen-bond acceptors (Lipinski definition) is 3. The third-order valence-electron chi connectivity index (χ3n) is 3.50. The number of hydrogen-bond donors (Lipinski definition) is 2. The van der Waals surface area contributed by atoms with Crippen molar-refractivity contribution in [3.05, 3.63) is 0 Å². The number of nitrogens with two attached hydrogens (primary N) is 1. The molecular formula is C11H20N2O2. The van der Waals surface area contributed by atoms with Crippen LogP contribution in [0.3, 0.4) is 0 Å². The van der Waals surface area contributed by atoms with Crippen LogP contribution in [0.15, 0.2) is 0 Å². The van der Waals surface area contributed by atoms with Gasteiger partial charge < -0.3 is 15.8 Å². The van der Waals surface area contributed by atoms with Gasteiger partial charge in [0.15, 0.2) is 0 Å².